The van der Waals surface area contributed by atoms with E-state index < -0.39 is 0 Å². The molecule has 26 heavy (non-hydrogen) atoms. The summed E-state index contributed by atoms with van der Waals surface area (Å²) in [7, 11) is 1.76. The summed E-state index contributed by atoms with van der Waals surface area (Å²) in [6.07, 6.45) is 9.16. The highest BCUT2D eigenvalue weighted by Crippen LogP contribution is 2.21. The fourth-order valence-electron chi connectivity index (χ4n) is 3.90. The van der Waals surface area contributed by atoms with E-state index in [0.717, 1.165) is 32.1 Å². The second-order valence-corrected chi connectivity index (χ2v) is 7.18. The lowest BCUT2D eigenvalue weighted by Gasteiger charge is -2.27. The third kappa shape index (κ3) is 6.14. The van der Waals surface area contributed by atoms with Crippen LogP contribution in [0.5, 0.6) is 0 Å². The van der Waals surface area contributed by atoms with Gasteiger partial charge in [0.15, 0.2) is 5.96 Å². The van der Waals surface area contributed by atoms with Crippen LogP contribution in [-0.4, -0.2) is 37.5 Å². The lowest BCUT2D eigenvalue weighted by Crippen LogP contribution is -2.49. The predicted octanol–water partition coefficient (Wildman–Crippen LogP) is 2.78. The third-order valence-corrected chi connectivity index (χ3v) is 5.30. The van der Waals surface area contributed by atoms with Crippen molar-refractivity contribution in [3.05, 3.63) is 35.4 Å². The predicted molar refractivity (Wildman–Crippen MR) is 117 cm³/mol. The molecule has 1 saturated carbocycles. The topological polar surface area (TPSA) is 65.5 Å². The maximum atomic E-state index is 12.1. The van der Waals surface area contributed by atoms with Crippen molar-refractivity contribution in [3.8, 4) is 0 Å². The van der Waals surface area contributed by atoms with Crippen molar-refractivity contribution >= 4 is 35.8 Å². The first-order chi connectivity index (χ1) is 12.2. The van der Waals surface area contributed by atoms with Gasteiger partial charge in [-0.1, -0.05) is 43.5 Å². The molecular weight excluding hydrogens is 439 g/mol. The number of benzene rings is 1. The molecule has 1 atom stereocenters. The van der Waals surface area contributed by atoms with E-state index in [1.54, 1.807) is 7.05 Å². The van der Waals surface area contributed by atoms with E-state index in [1.807, 2.05) is 0 Å². The number of hydrogen-bond donors (Lipinski definition) is 3. The number of carbonyl (C=O) groups is 1. The molecule has 6 heteroatoms. The van der Waals surface area contributed by atoms with E-state index >= 15 is 0 Å². The zero-order valence-electron chi connectivity index (χ0n) is 15.6. The van der Waals surface area contributed by atoms with Gasteiger partial charge in [-0.25, -0.2) is 0 Å². The van der Waals surface area contributed by atoms with Crippen molar-refractivity contribution in [1.29, 1.82) is 0 Å². The van der Waals surface area contributed by atoms with Crippen LogP contribution in [-0.2, 0) is 17.6 Å². The van der Waals surface area contributed by atoms with E-state index in [0.29, 0.717) is 18.0 Å². The zero-order valence-corrected chi connectivity index (χ0v) is 17.9. The molecule has 0 heterocycles. The first kappa shape index (κ1) is 21.0. The summed E-state index contributed by atoms with van der Waals surface area (Å²) in [6, 6.07) is 9.35. The number of aryl methyl sites for hydroxylation is 1. The third-order valence-electron chi connectivity index (χ3n) is 5.30. The Labute approximate surface area is 173 Å². The van der Waals surface area contributed by atoms with Crippen LogP contribution >= 0.6 is 24.0 Å². The molecule has 1 aromatic rings. The second kappa shape index (κ2) is 10.7. The van der Waals surface area contributed by atoms with E-state index in [2.05, 4.69) is 45.2 Å². The Morgan fingerprint density at radius 2 is 1.77 bits per heavy atom. The molecule has 0 spiro atoms. The van der Waals surface area contributed by atoms with Gasteiger partial charge in [-0.05, 0) is 43.2 Å². The molecule has 1 unspecified atom stereocenters. The van der Waals surface area contributed by atoms with Gasteiger partial charge >= 0.3 is 0 Å². The van der Waals surface area contributed by atoms with Gasteiger partial charge in [0.2, 0.25) is 5.91 Å². The molecule has 0 aliphatic heterocycles. The van der Waals surface area contributed by atoms with Gasteiger partial charge in [0.1, 0.15) is 0 Å². The molecule has 3 N–H and O–H groups in total. The van der Waals surface area contributed by atoms with E-state index in [4.69, 9.17) is 0 Å². The lowest BCUT2D eigenvalue weighted by molar-refractivity contribution is -0.120. The molecule has 0 bridgehead atoms. The quantitative estimate of drug-likeness (QED) is 0.360. The van der Waals surface area contributed by atoms with Crippen LogP contribution in [0.1, 0.15) is 49.7 Å². The van der Waals surface area contributed by atoms with Gasteiger partial charge in [-0.2, -0.15) is 0 Å². The summed E-state index contributed by atoms with van der Waals surface area (Å²) in [5.41, 5.74) is 2.87. The number of guanidine groups is 1. The maximum absolute atomic E-state index is 12.1. The zero-order chi connectivity index (χ0) is 17.5. The maximum Gasteiger partial charge on any atom is 0.239 e. The van der Waals surface area contributed by atoms with Crippen LogP contribution < -0.4 is 16.0 Å². The highest BCUT2D eigenvalue weighted by atomic mass is 127. The number of fused-ring (bicyclic) bond motifs is 1. The van der Waals surface area contributed by atoms with E-state index in [-0.39, 0.29) is 36.4 Å². The fourth-order valence-corrected chi connectivity index (χ4v) is 3.90. The standard InChI is InChI=1S/C20H30N4O.HI/c1-21-20(22-14-19(25)23-17-9-3-2-4-10-17)24-18-12-11-15-7-5-6-8-16(15)13-18;/h5-8,17-18H,2-4,9-14H2,1H3,(H,23,25)(H2,21,22,24);1H. The van der Waals surface area contributed by atoms with Gasteiger partial charge in [-0.3, -0.25) is 9.79 Å². The number of carbonyl (C=O) groups excluding carboxylic acids is 1. The van der Waals surface area contributed by atoms with Crippen molar-refractivity contribution < 1.29 is 4.79 Å². The Morgan fingerprint density at radius 3 is 2.50 bits per heavy atom. The monoisotopic (exact) mass is 470 g/mol. The molecule has 1 amide bonds. The van der Waals surface area contributed by atoms with Crippen molar-refractivity contribution in [2.24, 2.45) is 4.99 Å². The second-order valence-electron chi connectivity index (χ2n) is 7.18. The summed E-state index contributed by atoms with van der Waals surface area (Å²) < 4.78 is 0. The van der Waals surface area contributed by atoms with Crippen molar-refractivity contribution in [1.82, 2.24) is 16.0 Å². The highest BCUT2D eigenvalue weighted by Gasteiger charge is 2.20. The van der Waals surface area contributed by atoms with Gasteiger partial charge in [0.05, 0.1) is 6.54 Å². The summed E-state index contributed by atoms with van der Waals surface area (Å²) in [4.78, 5) is 16.4. The molecule has 0 saturated heterocycles. The Hall–Kier alpha value is -1.31. The molecule has 144 valence electrons. The number of nitrogens with one attached hydrogen (secondary N) is 3. The van der Waals surface area contributed by atoms with Crippen LogP contribution in [0.3, 0.4) is 0 Å². The van der Waals surface area contributed by atoms with Crippen LogP contribution in [0.15, 0.2) is 29.3 Å². The normalized spacial score (nSPS) is 20.5. The Kier molecular flexibility index (Phi) is 8.68. The Morgan fingerprint density at radius 1 is 1.04 bits per heavy atom. The molecule has 0 aromatic heterocycles. The van der Waals surface area contributed by atoms with Crippen LogP contribution in [0.2, 0.25) is 0 Å². The van der Waals surface area contributed by atoms with Gasteiger partial charge in [-0.15, -0.1) is 24.0 Å². The van der Waals surface area contributed by atoms with Crippen molar-refractivity contribution in [2.75, 3.05) is 13.6 Å². The SMILES string of the molecule is CN=C(NCC(=O)NC1CCCCC1)NC1CCc2ccccc2C1.I. The smallest absolute Gasteiger partial charge is 0.239 e. The lowest BCUT2D eigenvalue weighted by atomic mass is 9.88. The molecule has 1 fully saturated rings. The van der Waals surface area contributed by atoms with Gasteiger partial charge in [0.25, 0.3) is 0 Å². The van der Waals surface area contributed by atoms with Crippen molar-refractivity contribution in [3.63, 3.8) is 0 Å². The fraction of sp³-hybridized carbons (Fsp3) is 0.600. The molecule has 0 radical (unpaired) electrons. The molecular formula is C20H31IN4O. The summed E-state index contributed by atoms with van der Waals surface area (Å²) >= 11 is 0. The van der Waals surface area contributed by atoms with Gasteiger partial charge < -0.3 is 16.0 Å². The summed E-state index contributed by atoms with van der Waals surface area (Å²) in [5, 5.41) is 9.75. The van der Waals surface area contributed by atoms with Gasteiger partial charge in [0, 0.05) is 19.1 Å². The molecule has 2 aliphatic rings. The number of aliphatic imine (C=N–C) groups is 1. The molecule has 1 aromatic carbocycles. The molecule has 5 nitrogen and oxygen atoms in total. The first-order valence-corrected chi connectivity index (χ1v) is 9.58. The van der Waals surface area contributed by atoms with Crippen LogP contribution in [0.4, 0.5) is 0 Å². The Balaban J connectivity index is 0.00000243. The molecule has 3 rings (SSSR count). The highest BCUT2D eigenvalue weighted by molar-refractivity contribution is 14.0. The number of rotatable bonds is 4. The number of hydrogen-bond acceptors (Lipinski definition) is 2. The van der Waals surface area contributed by atoms with E-state index in [1.165, 1.54) is 30.4 Å². The van der Waals surface area contributed by atoms with Crippen molar-refractivity contribution in [2.45, 2.75) is 63.5 Å². The molecule has 2 aliphatic carbocycles. The number of nitrogens with zero attached hydrogens (tertiary/aromatic N) is 1. The minimum absolute atomic E-state index is 0. The average Bonchev–Trinajstić information content (AvgIpc) is 2.65. The van der Waals surface area contributed by atoms with Crippen LogP contribution in [0.25, 0.3) is 0 Å². The number of halogens is 1. The summed E-state index contributed by atoms with van der Waals surface area (Å²) in [5.74, 6) is 0.770. The van der Waals surface area contributed by atoms with E-state index in [9.17, 15) is 4.79 Å². The Bertz CT molecular complexity index is 614. The minimum atomic E-state index is 0. The van der Waals surface area contributed by atoms with Crippen LogP contribution in [0, 0.1) is 0 Å². The summed E-state index contributed by atoms with van der Waals surface area (Å²) in [6.45, 7) is 0.277. The minimum Gasteiger partial charge on any atom is -0.353 e. The average molecular weight is 470 g/mol. The first-order valence-electron chi connectivity index (χ1n) is 9.58. The largest absolute Gasteiger partial charge is 0.353 e. The number of amides is 1.